The van der Waals surface area contributed by atoms with Crippen molar-refractivity contribution in [3.63, 3.8) is 0 Å². The van der Waals surface area contributed by atoms with Gasteiger partial charge >= 0.3 is 5.97 Å². The molecule has 0 unspecified atom stereocenters. The van der Waals surface area contributed by atoms with Crippen LogP contribution in [-0.2, 0) is 19.9 Å². The van der Waals surface area contributed by atoms with E-state index in [1.165, 1.54) is 0 Å². The van der Waals surface area contributed by atoms with Crippen LogP contribution in [-0.4, -0.2) is 20.5 Å². The monoisotopic (exact) mass is 564 g/mol. The highest BCUT2D eigenvalue weighted by molar-refractivity contribution is 9.08. The average Bonchev–Trinajstić information content (AvgIpc) is 2.61. The highest BCUT2D eigenvalue weighted by Gasteiger charge is 2.00. The van der Waals surface area contributed by atoms with Gasteiger partial charge in [-0.1, -0.05) is 56.1 Å². The molecule has 0 spiro atoms. The van der Waals surface area contributed by atoms with Gasteiger partial charge in [-0.05, 0) is 47.0 Å². The Morgan fingerprint density at radius 1 is 0.846 bits per heavy atom. The van der Waals surface area contributed by atoms with E-state index in [-0.39, 0.29) is 0 Å². The second-order valence-electron chi connectivity index (χ2n) is 4.42. The molecule has 0 saturated carbocycles. The summed E-state index contributed by atoms with van der Waals surface area (Å²) >= 11 is 11.8. The smallest absolute Gasteiger partial charge is 0.335 e. The van der Waals surface area contributed by atoms with Crippen LogP contribution in [0.2, 0.25) is 0 Å². The molecule has 4 nitrogen and oxygen atoms in total. The van der Waals surface area contributed by atoms with Gasteiger partial charge in [-0.2, -0.15) is 0 Å². The fourth-order valence-electron chi connectivity index (χ4n) is 1.46. The molecule has 2 rings (SSSR count). The zero-order chi connectivity index (χ0) is 20.1. The molecule has 1 N–H and O–H groups in total. The first-order chi connectivity index (χ1) is 12.2. The van der Waals surface area contributed by atoms with Crippen molar-refractivity contribution in [3.05, 3.63) is 70.8 Å². The normalized spacial score (nSPS) is 9.46. The molecule has 0 aliphatic carbocycles. The summed E-state index contributed by atoms with van der Waals surface area (Å²) < 4.78 is 9.09. The second kappa shape index (κ2) is 14.6. The molecular formula is C16H13Br2Cl3O4S. The van der Waals surface area contributed by atoms with Crippen LogP contribution in [0, 0.1) is 0 Å². The number of carbonyl (C=O) groups excluding carboxylic acids is 1. The minimum absolute atomic E-state index is 0.328. The van der Waals surface area contributed by atoms with Gasteiger partial charge in [0.2, 0.25) is 9.23 Å². The van der Waals surface area contributed by atoms with Crippen LogP contribution in [0.3, 0.4) is 0 Å². The van der Waals surface area contributed by atoms with E-state index in [0.717, 1.165) is 21.8 Å². The largest absolute Gasteiger partial charge is 0.478 e. The summed E-state index contributed by atoms with van der Waals surface area (Å²) in [4.78, 5) is 21.0. The van der Waals surface area contributed by atoms with E-state index in [1.807, 2.05) is 12.1 Å². The minimum Gasteiger partial charge on any atom is -0.478 e. The summed E-state index contributed by atoms with van der Waals surface area (Å²) in [5, 5.41) is 9.68. The van der Waals surface area contributed by atoms with Crippen molar-refractivity contribution >= 4 is 85.3 Å². The predicted octanol–water partition coefficient (Wildman–Crippen LogP) is 6.28. The molecule has 0 heterocycles. The number of halogens is 5. The Kier molecular flexibility index (Phi) is 14.4. The van der Waals surface area contributed by atoms with Gasteiger partial charge in [-0.15, -0.1) is 0 Å². The first-order valence-electron chi connectivity index (χ1n) is 6.68. The van der Waals surface area contributed by atoms with Crippen molar-refractivity contribution in [2.24, 2.45) is 0 Å². The molecule has 0 aliphatic rings. The van der Waals surface area contributed by atoms with Gasteiger partial charge in [0, 0.05) is 37.6 Å². The van der Waals surface area contributed by atoms with Gasteiger partial charge in [0.05, 0.1) is 5.56 Å². The summed E-state index contributed by atoms with van der Waals surface area (Å²) in [5.74, 6) is -0.883. The van der Waals surface area contributed by atoms with E-state index < -0.39 is 20.4 Å². The standard InChI is InChI=1S/C8H6BrClO.C8H7BrO2.Cl2OS/c2*9-5-6-1-3-7(4-2-6)8(10)11;1-4(2)3/h1-4H,5H2;1-4H,5H2,(H,10,11);. The van der Waals surface area contributed by atoms with Crippen molar-refractivity contribution in [1.82, 2.24) is 0 Å². The van der Waals surface area contributed by atoms with Gasteiger partial charge in [-0.25, -0.2) is 9.00 Å². The Labute approximate surface area is 184 Å². The average molecular weight is 568 g/mol. The lowest BCUT2D eigenvalue weighted by molar-refractivity contribution is 0.0696. The third-order valence-electron chi connectivity index (χ3n) is 2.69. The van der Waals surface area contributed by atoms with Gasteiger partial charge in [-0.3, -0.25) is 4.79 Å². The zero-order valence-electron chi connectivity index (χ0n) is 13.0. The van der Waals surface area contributed by atoms with Crippen LogP contribution in [0.4, 0.5) is 0 Å². The fourth-order valence-corrected chi connectivity index (χ4v) is 2.33. The van der Waals surface area contributed by atoms with E-state index in [4.69, 9.17) is 20.9 Å². The number of aromatic carboxylic acids is 1. The molecule has 0 aromatic heterocycles. The lowest BCUT2D eigenvalue weighted by Gasteiger charge is -1.95. The summed E-state index contributed by atoms with van der Waals surface area (Å²) in [6, 6.07) is 13.9. The fraction of sp³-hybridized carbons (Fsp3) is 0.125. The van der Waals surface area contributed by atoms with Crippen LogP contribution in [0.15, 0.2) is 48.5 Å². The Morgan fingerprint density at radius 3 is 1.38 bits per heavy atom. The molecule has 10 heteroatoms. The number of carboxylic acids is 1. The van der Waals surface area contributed by atoms with E-state index >= 15 is 0 Å². The highest BCUT2D eigenvalue weighted by atomic mass is 79.9. The number of rotatable bonds is 4. The number of benzene rings is 2. The number of hydrogen-bond acceptors (Lipinski definition) is 3. The maximum atomic E-state index is 10.6. The summed E-state index contributed by atoms with van der Waals surface area (Å²) in [6.45, 7) is 0. The quantitative estimate of drug-likeness (QED) is 0.349. The van der Waals surface area contributed by atoms with Crippen molar-refractivity contribution < 1.29 is 18.9 Å². The van der Waals surface area contributed by atoms with Crippen LogP contribution < -0.4 is 0 Å². The lowest BCUT2D eigenvalue weighted by atomic mass is 10.2. The molecule has 0 amide bonds. The van der Waals surface area contributed by atoms with Gasteiger partial charge < -0.3 is 5.11 Å². The molecule has 142 valence electrons. The van der Waals surface area contributed by atoms with E-state index in [2.05, 4.69) is 53.2 Å². The van der Waals surface area contributed by atoms with E-state index in [9.17, 15) is 9.59 Å². The maximum Gasteiger partial charge on any atom is 0.335 e. The van der Waals surface area contributed by atoms with E-state index in [1.54, 1.807) is 36.4 Å². The Morgan fingerprint density at radius 2 is 1.15 bits per heavy atom. The topological polar surface area (TPSA) is 71.4 Å². The summed E-state index contributed by atoms with van der Waals surface area (Å²) in [6.07, 6.45) is 0. The summed E-state index contributed by atoms with van der Waals surface area (Å²) in [7, 11) is 7.36. The van der Waals surface area contributed by atoms with Crippen molar-refractivity contribution in [2.45, 2.75) is 10.7 Å². The maximum absolute atomic E-state index is 10.6. The van der Waals surface area contributed by atoms with Gasteiger partial charge in [0.1, 0.15) is 0 Å². The van der Waals surface area contributed by atoms with Crippen molar-refractivity contribution in [3.8, 4) is 0 Å². The number of hydrogen-bond donors (Lipinski definition) is 1. The zero-order valence-corrected chi connectivity index (χ0v) is 19.3. The predicted molar refractivity (Wildman–Crippen MR) is 115 cm³/mol. The molecule has 0 atom stereocenters. The van der Waals surface area contributed by atoms with Crippen LogP contribution in [0.25, 0.3) is 0 Å². The van der Waals surface area contributed by atoms with Crippen LogP contribution in [0.1, 0.15) is 31.8 Å². The number of carbonyl (C=O) groups is 2. The number of carboxylic acid groups (broad SMARTS) is 1. The molecular weight excluding hydrogens is 554 g/mol. The minimum atomic E-state index is -1.67. The molecule has 0 fully saturated rings. The highest BCUT2D eigenvalue weighted by Crippen LogP contribution is 2.09. The van der Waals surface area contributed by atoms with Gasteiger partial charge in [0.25, 0.3) is 5.24 Å². The molecule has 2 aromatic rings. The Balaban J connectivity index is 0.000000401. The third kappa shape index (κ3) is 12.0. The molecule has 0 radical (unpaired) electrons. The first kappa shape index (κ1) is 25.6. The lowest BCUT2D eigenvalue weighted by Crippen LogP contribution is -1.95. The molecule has 0 aliphatic heterocycles. The Bertz CT molecular complexity index is 664. The van der Waals surface area contributed by atoms with Crippen molar-refractivity contribution in [2.75, 3.05) is 0 Å². The first-order valence-corrected chi connectivity index (χ1v) is 12.1. The van der Waals surface area contributed by atoms with Crippen LogP contribution in [0.5, 0.6) is 0 Å². The number of alkyl halides is 2. The van der Waals surface area contributed by atoms with Crippen molar-refractivity contribution in [1.29, 1.82) is 0 Å². The van der Waals surface area contributed by atoms with Crippen LogP contribution >= 0.6 is 64.8 Å². The molecule has 0 bridgehead atoms. The van der Waals surface area contributed by atoms with E-state index in [0.29, 0.717) is 11.1 Å². The van der Waals surface area contributed by atoms with Gasteiger partial charge in [0.15, 0.2) is 0 Å². The second-order valence-corrected chi connectivity index (χ2v) is 8.41. The molecule has 0 saturated heterocycles. The Hall–Kier alpha value is -0.440. The molecule has 26 heavy (non-hydrogen) atoms. The SMILES string of the molecule is O=C(Cl)c1ccc(CBr)cc1.O=C(O)c1ccc(CBr)cc1.O=S(Cl)Cl. The third-order valence-corrected chi connectivity index (χ3v) is 4.20. The molecule has 2 aromatic carbocycles. The summed E-state index contributed by atoms with van der Waals surface area (Å²) in [5.41, 5.74) is 3.08.